The number of aromatic hydroxyl groups is 1. The Hall–Kier alpha value is -0.980. The van der Waals surface area contributed by atoms with E-state index in [-0.39, 0.29) is 0 Å². The fourth-order valence-electron chi connectivity index (χ4n) is 4.95. The van der Waals surface area contributed by atoms with Gasteiger partial charge in [-0.3, -0.25) is 0 Å². The number of benzene rings is 1. The summed E-state index contributed by atoms with van der Waals surface area (Å²) in [7, 11) is 0. The van der Waals surface area contributed by atoms with Crippen LogP contribution in [0.4, 0.5) is 0 Å². The largest absolute Gasteiger partial charge is 0.508 e. The van der Waals surface area contributed by atoms with Gasteiger partial charge in [0.05, 0.1) is 0 Å². The summed E-state index contributed by atoms with van der Waals surface area (Å²) in [6.45, 7) is 4.60. The maximum atomic E-state index is 9.51. The number of phenolic OH excluding ortho intramolecular Hbond substituents is 1. The summed E-state index contributed by atoms with van der Waals surface area (Å²) in [6.07, 6.45) is 31.0. The van der Waals surface area contributed by atoms with Crippen LogP contribution < -0.4 is 0 Å². The number of aryl methyl sites for hydroxylation is 1. The third-order valence-corrected chi connectivity index (χ3v) is 7.21. The molecule has 1 nitrogen and oxygen atoms in total. The molecule has 1 aromatic carbocycles. The summed E-state index contributed by atoms with van der Waals surface area (Å²) in [5.41, 5.74) is 1.38. The van der Waals surface area contributed by atoms with Gasteiger partial charge in [-0.2, -0.15) is 0 Å². The van der Waals surface area contributed by atoms with Gasteiger partial charge in [0.15, 0.2) is 0 Å². The highest BCUT2D eigenvalue weighted by Gasteiger charge is 2.09. The predicted octanol–water partition coefficient (Wildman–Crippen LogP) is 10.8. The van der Waals surface area contributed by atoms with E-state index in [1.807, 2.05) is 12.1 Å². The Bertz CT molecular complexity index is 492. The Morgan fingerprint density at radius 1 is 0.500 bits per heavy atom. The Balaban J connectivity index is 2.10. The lowest BCUT2D eigenvalue weighted by Crippen LogP contribution is -2.03. The highest BCUT2D eigenvalue weighted by molar-refractivity contribution is 5.25. The molecule has 0 fully saturated rings. The van der Waals surface area contributed by atoms with E-state index in [0.29, 0.717) is 5.75 Å². The van der Waals surface area contributed by atoms with E-state index in [4.69, 9.17) is 0 Å². The fraction of sp³-hybridized carbons (Fsp3) is 0.806. The highest BCUT2D eigenvalue weighted by atomic mass is 16.3. The molecule has 0 heterocycles. The first-order valence-electron chi connectivity index (χ1n) is 14.5. The van der Waals surface area contributed by atoms with Crippen molar-refractivity contribution in [1.29, 1.82) is 0 Å². The molecule has 0 aliphatic rings. The van der Waals surface area contributed by atoms with Gasteiger partial charge in [0.25, 0.3) is 0 Å². The molecular weight excluding hydrogens is 388 g/mol. The molecule has 1 N–H and O–H groups in total. The zero-order valence-corrected chi connectivity index (χ0v) is 21.9. The second kappa shape index (κ2) is 21.8. The van der Waals surface area contributed by atoms with E-state index in [1.54, 1.807) is 0 Å². The quantitative estimate of drug-likeness (QED) is 0.166. The Morgan fingerprint density at radius 2 is 0.875 bits per heavy atom. The van der Waals surface area contributed by atoms with Crippen molar-refractivity contribution >= 4 is 0 Å². The van der Waals surface area contributed by atoms with Crippen molar-refractivity contribution in [2.45, 2.75) is 155 Å². The van der Waals surface area contributed by atoms with Crippen LogP contribution in [-0.2, 0) is 6.42 Å². The van der Waals surface area contributed by atoms with Gasteiger partial charge in [-0.1, -0.05) is 154 Å². The van der Waals surface area contributed by atoms with Gasteiger partial charge < -0.3 is 5.11 Å². The summed E-state index contributed by atoms with van der Waals surface area (Å²) in [5, 5.41) is 9.51. The molecule has 1 aromatic rings. The molecule has 186 valence electrons. The SMILES string of the molecule is CCCCCCCCCCCCCCCC(CCCCCCC)CCc1ccc(O)cc1. The van der Waals surface area contributed by atoms with E-state index in [2.05, 4.69) is 26.0 Å². The molecule has 1 rings (SSSR count). The van der Waals surface area contributed by atoms with E-state index < -0.39 is 0 Å². The van der Waals surface area contributed by atoms with Gasteiger partial charge in [-0.15, -0.1) is 0 Å². The molecule has 0 bridgehead atoms. The third kappa shape index (κ3) is 17.6. The van der Waals surface area contributed by atoms with Crippen LogP contribution in [0.1, 0.15) is 154 Å². The predicted molar refractivity (Wildman–Crippen MR) is 144 cm³/mol. The van der Waals surface area contributed by atoms with Crippen LogP contribution in [0.2, 0.25) is 0 Å². The van der Waals surface area contributed by atoms with Crippen LogP contribution in [-0.4, -0.2) is 5.11 Å². The van der Waals surface area contributed by atoms with Crippen molar-refractivity contribution < 1.29 is 5.11 Å². The highest BCUT2D eigenvalue weighted by Crippen LogP contribution is 2.24. The minimum absolute atomic E-state index is 0.383. The van der Waals surface area contributed by atoms with Crippen molar-refractivity contribution in [2.75, 3.05) is 0 Å². The lowest BCUT2D eigenvalue weighted by atomic mass is 9.89. The standard InChI is InChI=1S/C31H56O/c1-3-5-7-9-10-11-12-13-14-15-16-18-20-22-29(21-19-17-8-6-4-2)23-24-30-25-27-31(32)28-26-30/h25-29,32H,3-24H2,1-2H3. The summed E-state index contributed by atoms with van der Waals surface area (Å²) in [4.78, 5) is 0. The van der Waals surface area contributed by atoms with Crippen molar-refractivity contribution in [3.05, 3.63) is 29.8 Å². The van der Waals surface area contributed by atoms with E-state index >= 15 is 0 Å². The molecule has 0 spiro atoms. The Morgan fingerprint density at radius 3 is 1.28 bits per heavy atom. The lowest BCUT2D eigenvalue weighted by Gasteiger charge is -2.17. The van der Waals surface area contributed by atoms with Crippen LogP contribution in [0.25, 0.3) is 0 Å². The topological polar surface area (TPSA) is 20.2 Å². The lowest BCUT2D eigenvalue weighted by molar-refractivity contribution is 0.380. The second-order valence-electron chi connectivity index (χ2n) is 10.3. The summed E-state index contributed by atoms with van der Waals surface area (Å²) in [6, 6.07) is 7.86. The van der Waals surface area contributed by atoms with Crippen LogP contribution in [0.3, 0.4) is 0 Å². The number of hydrogen-bond acceptors (Lipinski definition) is 1. The number of rotatable bonds is 23. The number of phenols is 1. The van der Waals surface area contributed by atoms with E-state index in [9.17, 15) is 5.11 Å². The van der Waals surface area contributed by atoms with Crippen molar-refractivity contribution in [1.82, 2.24) is 0 Å². The normalized spacial score (nSPS) is 12.3. The number of hydrogen-bond donors (Lipinski definition) is 1. The van der Waals surface area contributed by atoms with Gasteiger partial charge in [-0.25, -0.2) is 0 Å². The van der Waals surface area contributed by atoms with Gasteiger partial charge in [0.1, 0.15) is 5.75 Å². The molecule has 0 saturated heterocycles. The van der Waals surface area contributed by atoms with Crippen LogP contribution >= 0.6 is 0 Å². The number of unbranched alkanes of at least 4 members (excludes halogenated alkanes) is 16. The zero-order chi connectivity index (χ0) is 23.1. The molecule has 0 amide bonds. The van der Waals surface area contributed by atoms with Crippen LogP contribution in [0.5, 0.6) is 5.75 Å². The van der Waals surface area contributed by atoms with Gasteiger partial charge in [0.2, 0.25) is 0 Å². The first kappa shape index (κ1) is 29.1. The van der Waals surface area contributed by atoms with Crippen LogP contribution in [0.15, 0.2) is 24.3 Å². The Kier molecular flexibility index (Phi) is 19.8. The molecule has 0 radical (unpaired) electrons. The fourth-order valence-corrected chi connectivity index (χ4v) is 4.95. The smallest absolute Gasteiger partial charge is 0.115 e. The monoisotopic (exact) mass is 444 g/mol. The van der Waals surface area contributed by atoms with Gasteiger partial charge in [-0.05, 0) is 36.5 Å². The van der Waals surface area contributed by atoms with Crippen molar-refractivity contribution in [3.8, 4) is 5.75 Å². The van der Waals surface area contributed by atoms with Gasteiger partial charge in [0, 0.05) is 0 Å². The van der Waals surface area contributed by atoms with Gasteiger partial charge >= 0.3 is 0 Å². The molecule has 0 aliphatic heterocycles. The third-order valence-electron chi connectivity index (χ3n) is 7.21. The summed E-state index contributed by atoms with van der Waals surface area (Å²) in [5.74, 6) is 1.27. The minimum atomic E-state index is 0.383. The van der Waals surface area contributed by atoms with Crippen molar-refractivity contribution in [3.63, 3.8) is 0 Å². The molecule has 0 aromatic heterocycles. The summed E-state index contributed by atoms with van der Waals surface area (Å²) < 4.78 is 0. The first-order valence-corrected chi connectivity index (χ1v) is 14.5. The zero-order valence-electron chi connectivity index (χ0n) is 21.9. The minimum Gasteiger partial charge on any atom is -0.508 e. The molecule has 1 heteroatoms. The molecule has 0 aliphatic carbocycles. The molecule has 0 saturated carbocycles. The van der Waals surface area contributed by atoms with E-state index in [0.717, 1.165) is 5.92 Å². The van der Waals surface area contributed by atoms with Crippen LogP contribution in [0, 0.1) is 5.92 Å². The average Bonchev–Trinajstić information content (AvgIpc) is 2.80. The molecule has 32 heavy (non-hydrogen) atoms. The maximum absolute atomic E-state index is 9.51. The molecule has 1 unspecified atom stereocenters. The second-order valence-corrected chi connectivity index (χ2v) is 10.3. The summed E-state index contributed by atoms with van der Waals surface area (Å²) >= 11 is 0. The van der Waals surface area contributed by atoms with E-state index in [1.165, 1.54) is 147 Å². The van der Waals surface area contributed by atoms with Crippen molar-refractivity contribution in [2.24, 2.45) is 5.92 Å². The average molecular weight is 445 g/mol. The first-order chi connectivity index (χ1) is 15.8. The maximum Gasteiger partial charge on any atom is 0.115 e. The Labute approximate surface area is 201 Å². The molecule has 1 atom stereocenters. The molecular formula is C31H56O.